The van der Waals surface area contributed by atoms with Crippen molar-refractivity contribution in [1.82, 2.24) is 4.31 Å². The molecule has 1 saturated heterocycles. The van der Waals surface area contributed by atoms with Gasteiger partial charge >= 0.3 is 0 Å². The van der Waals surface area contributed by atoms with E-state index in [0.717, 1.165) is 36.8 Å². The number of ether oxygens (including phenoxy) is 1. The van der Waals surface area contributed by atoms with Crippen LogP contribution in [0, 0.1) is 13.8 Å². The zero-order chi connectivity index (χ0) is 20.9. The van der Waals surface area contributed by atoms with Gasteiger partial charge in [-0.1, -0.05) is 30.5 Å². The highest BCUT2D eigenvalue weighted by molar-refractivity contribution is 7.89. The Balaban J connectivity index is 1.58. The van der Waals surface area contributed by atoms with Crippen molar-refractivity contribution in [2.45, 2.75) is 44.4 Å². The quantitative estimate of drug-likeness (QED) is 0.775. The van der Waals surface area contributed by atoms with E-state index in [1.807, 2.05) is 32.0 Å². The number of carbonyl (C=O) groups excluding carboxylic acids is 1. The monoisotopic (exact) mass is 416 g/mol. The highest BCUT2D eigenvalue weighted by Gasteiger charge is 2.24. The number of hydrogen-bond donors (Lipinski definition) is 1. The molecule has 1 N–H and O–H groups in total. The summed E-state index contributed by atoms with van der Waals surface area (Å²) in [5.41, 5.74) is 2.64. The standard InChI is InChI=1S/C22H28N2O4S/c1-17-7-12-21(18(2)15-17)28-16-22(25)23-19-8-10-20(11-9-19)29(26,27)24-13-5-3-4-6-14-24/h7-12,15H,3-6,13-14,16H2,1-2H3,(H,23,25). The minimum absolute atomic E-state index is 0.113. The van der Waals surface area contributed by atoms with Gasteiger partial charge in [-0.15, -0.1) is 0 Å². The van der Waals surface area contributed by atoms with Gasteiger partial charge in [-0.25, -0.2) is 8.42 Å². The van der Waals surface area contributed by atoms with Crippen molar-refractivity contribution in [2.75, 3.05) is 25.0 Å². The summed E-state index contributed by atoms with van der Waals surface area (Å²) in [5.74, 6) is 0.373. The first kappa shape index (κ1) is 21.3. The van der Waals surface area contributed by atoms with Crippen molar-refractivity contribution in [3.63, 3.8) is 0 Å². The van der Waals surface area contributed by atoms with Crippen LogP contribution >= 0.6 is 0 Å². The fourth-order valence-corrected chi connectivity index (χ4v) is 4.96. The lowest BCUT2D eigenvalue weighted by Gasteiger charge is -2.20. The first-order chi connectivity index (χ1) is 13.9. The van der Waals surface area contributed by atoms with Crippen molar-refractivity contribution < 1.29 is 17.9 Å². The first-order valence-electron chi connectivity index (χ1n) is 9.96. The third-order valence-electron chi connectivity index (χ3n) is 5.03. The molecule has 0 spiro atoms. The van der Waals surface area contributed by atoms with Gasteiger partial charge in [0, 0.05) is 18.8 Å². The van der Waals surface area contributed by atoms with E-state index >= 15 is 0 Å². The van der Waals surface area contributed by atoms with Crippen LogP contribution in [0.15, 0.2) is 47.4 Å². The summed E-state index contributed by atoms with van der Waals surface area (Å²) < 4.78 is 32.8. The van der Waals surface area contributed by atoms with Gasteiger partial charge in [-0.2, -0.15) is 4.31 Å². The highest BCUT2D eigenvalue weighted by Crippen LogP contribution is 2.22. The zero-order valence-electron chi connectivity index (χ0n) is 17.0. The third-order valence-corrected chi connectivity index (χ3v) is 6.94. The summed E-state index contributed by atoms with van der Waals surface area (Å²) in [6.45, 7) is 4.95. The molecular weight excluding hydrogens is 388 g/mol. The number of carbonyl (C=O) groups is 1. The summed E-state index contributed by atoms with van der Waals surface area (Å²) in [7, 11) is -3.49. The maximum Gasteiger partial charge on any atom is 0.262 e. The predicted octanol–water partition coefficient (Wildman–Crippen LogP) is 3.89. The topological polar surface area (TPSA) is 75.7 Å². The molecule has 1 fully saturated rings. The second-order valence-electron chi connectivity index (χ2n) is 7.45. The summed E-state index contributed by atoms with van der Waals surface area (Å²) in [4.78, 5) is 12.4. The van der Waals surface area contributed by atoms with Crippen molar-refractivity contribution in [3.8, 4) is 5.75 Å². The largest absolute Gasteiger partial charge is 0.483 e. The molecule has 156 valence electrons. The van der Waals surface area contributed by atoms with Crippen LogP contribution in [0.25, 0.3) is 0 Å². The van der Waals surface area contributed by atoms with Crippen LogP contribution in [0.4, 0.5) is 5.69 Å². The number of sulfonamides is 1. The predicted molar refractivity (Wildman–Crippen MR) is 114 cm³/mol. The molecule has 1 aliphatic heterocycles. The molecule has 0 aromatic heterocycles. The number of anilines is 1. The lowest BCUT2D eigenvalue weighted by atomic mass is 10.1. The number of benzene rings is 2. The van der Waals surface area contributed by atoms with Crippen molar-refractivity contribution in [2.24, 2.45) is 0 Å². The Morgan fingerprint density at radius 1 is 1.00 bits per heavy atom. The number of amides is 1. The van der Waals surface area contributed by atoms with E-state index in [4.69, 9.17) is 4.74 Å². The maximum atomic E-state index is 12.8. The number of aryl methyl sites for hydroxylation is 2. The first-order valence-corrected chi connectivity index (χ1v) is 11.4. The van der Waals surface area contributed by atoms with E-state index < -0.39 is 10.0 Å². The molecule has 0 bridgehead atoms. The second kappa shape index (κ2) is 9.41. The van der Waals surface area contributed by atoms with Crippen LogP contribution in [-0.4, -0.2) is 38.3 Å². The highest BCUT2D eigenvalue weighted by atomic mass is 32.2. The smallest absolute Gasteiger partial charge is 0.262 e. The van der Waals surface area contributed by atoms with Crippen LogP contribution in [0.1, 0.15) is 36.8 Å². The molecule has 0 saturated carbocycles. The Kier molecular flexibility index (Phi) is 6.92. The number of nitrogens with zero attached hydrogens (tertiary/aromatic N) is 1. The fourth-order valence-electron chi connectivity index (χ4n) is 3.44. The van der Waals surface area contributed by atoms with Gasteiger partial charge in [-0.05, 0) is 62.6 Å². The molecule has 0 unspecified atom stereocenters. The third kappa shape index (κ3) is 5.58. The Morgan fingerprint density at radius 2 is 1.66 bits per heavy atom. The average molecular weight is 417 g/mol. The van der Waals surface area contributed by atoms with Crippen LogP contribution in [0.5, 0.6) is 5.75 Å². The van der Waals surface area contributed by atoms with E-state index in [9.17, 15) is 13.2 Å². The van der Waals surface area contributed by atoms with Crippen molar-refractivity contribution >= 4 is 21.6 Å². The molecule has 1 heterocycles. The molecular formula is C22H28N2O4S. The van der Waals surface area contributed by atoms with Gasteiger partial charge in [0.15, 0.2) is 6.61 Å². The van der Waals surface area contributed by atoms with Gasteiger partial charge in [0.2, 0.25) is 10.0 Å². The Morgan fingerprint density at radius 3 is 2.28 bits per heavy atom. The Bertz CT molecular complexity index is 947. The Labute approximate surface area is 172 Å². The molecule has 3 rings (SSSR count). The average Bonchev–Trinajstić information content (AvgIpc) is 2.98. The van der Waals surface area contributed by atoms with E-state index in [1.165, 1.54) is 0 Å². The zero-order valence-corrected chi connectivity index (χ0v) is 17.8. The second-order valence-corrected chi connectivity index (χ2v) is 9.39. The maximum absolute atomic E-state index is 12.8. The molecule has 0 radical (unpaired) electrons. The van der Waals surface area contributed by atoms with E-state index in [-0.39, 0.29) is 17.4 Å². The number of nitrogens with one attached hydrogen (secondary N) is 1. The molecule has 7 heteroatoms. The van der Waals surface area contributed by atoms with Crippen LogP contribution in [-0.2, 0) is 14.8 Å². The van der Waals surface area contributed by atoms with Crippen LogP contribution < -0.4 is 10.1 Å². The number of hydrogen-bond acceptors (Lipinski definition) is 4. The molecule has 0 atom stereocenters. The van der Waals surface area contributed by atoms with Gasteiger partial charge in [0.25, 0.3) is 5.91 Å². The van der Waals surface area contributed by atoms with E-state index in [0.29, 0.717) is 24.5 Å². The van der Waals surface area contributed by atoms with Gasteiger partial charge in [0.05, 0.1) is 4.90 Å². The summed E-state index contributed by atoms with van der Waals surface area (Å²) >= 11 is 0. The van der Waals surface area contributed by atoms with E-state index in [1.54, 1.807) is 28.6 Å². The molecule has 1 amide bonds. The summed E-state index contributed by atoms with van der Waals surface area (Å²) in [6.07, 6.45) is 3.93. The minimum atomic E-state index is -3.49. The molecule has 2 aromatic rings. The Hall–Kier alpha value is -2.38. The van der Waals surface area contributed by atoms with Crippen molar-refractivity contribution in [1.29, 1.82) is 0 Å². The SMILES string of the molecule is Cc1ccc(OCC(=O)Nc2ccc(S(=O)(=O)N3CCCCCC3)cc2)c(C)c1. The normalized spacial score (nSPS) is 15.5. The van der Waals surface area contributed by atoms with Crippen LogP contribution in [0.3, 0.4) is 0 Å². The van der Waals surface area contributed by atoms with Crippen LogP contribution in [0.2, 0.25) is 0 Å². The lowest BCUT2D eigenvalue weighted by molar-refractivity contribution is -0.118. The molecule has 1 aliphatic rings. The number of rotatable bonds is 6. The fraction of sp³-hybridized carbons (Fsp3) is 0.409. The van der Waals surface area contributed by atoms with Gasteiger partial charge < -0.3 is 10.1 Å². The van der Waals surface area contributed by atoms with Crippen molar-refractivity contribution in [3.05, 3.63) is 53.6 Å². The lowest BCUT2D eigenvalue weighted by Crippen LogP contribution is -2.31. The molecule has 29 heavy (non-hydrogen) atoms. The van der Waals surface area contributed by atoms with Gasteiger partial charge in [0.1, 0.15) is 5.75 Å². The van der Waals surface area contributed by atoms with Gasteiger partial charge in [-0.3, -0.25) is 4.79 Å². The molecule has 6 nitrogen and oxygen atoms in total. The van der Waals surface area contributed by atoms with E-state index in [2.05, 4.69) is 5.32 Å². The minimum Gasteiger partial charge on any atom is -0.483 e. The molecule has 0 aliphatic carbocycles. The summed E-state index contributed by atoms with van der Waals surface area (Å²) in [6, 6.07) is 12.1. The summed E-state index contributed by atoms with van der Waals surface area (Å²) in [5, 5.41) is 2.74. The molecule has 2 aromatic carbocycles.